The maximum Gasteiger partial charge on any atom is 0.116 e. The average Bonchev–Trinajstić information content (AvgIpc) is 2.34. The first-order chi connectivity index (χ1) is 8.60. The van der Waals surface area contributed by atoms with Crippen LogP contribution < -0.4 is 11.5 Å². The lowest BCUT2D eigenvalue weighted by atomic mass is 10.2. The lowest BCUT2D eigenvalue weighted by Gasteiger charge is -2.08. The van der Waals surface area contributed by atoms with Crippen LogP contribution >= 0.6 is 11.8 Å². The van der Waals surface area contributed by atoms with Crippen LogP contribution in [0.2, 0.25) is 0 Å². The van der Waals surface area contributed by atoms with Crippen molar-refractivity contribution in [1.82, 2.24) is 0 Å². The molecule has 0 unspecified atom stereocenters. The molecule has 0 saturated carbocycles. The summed E-state index contributed by atoms with van der Waals surface area (Å²) in [6, 6.07) is 11.8. The van der Waals surface area contributed by atoms with Gasteiger partial charge in [-0.25, -0.2) is 0 Å². The summed E-state index contributed by atoms with van der Waals surface area (Å²) in [5.41, 5.74) is 13.2. The van der Waals surface area contributed by atoms with Gasteiger partial charge in [0.1, 0.15) is 11.8 Å². The minimum atomic E-state index is 0.110. The van der Waals surface area contributed by atoms with Crippen molar-refractivity contribution in [2.45, 2.75) is 9.79 Å². The Kier molecular flexibility index (Phi) is 3.31. The van der Waals surface area contributed by atoms with Gasteiger partial charge in [0.05, 0.1) is 5.56 Å². The number of phenols is 1. The van der Waals surface area contributed by atoms with Crippen molar-refractivity contribution in [2.75, 3.05) is 11.5 Å². The molecule has 0 bridgehead atoms. The van der Waals surface area contributed by atoms with Gasteiger partial charge in [-0.2, -0.15) is 5.26 Å². The van der Waals surface area contributed by atoms with Gasteiger partial charge in [-0.15, -0.1) is 0 Å². The van der Waals surface area contributed by atoms with Crippen LogP contribution in [0.15, 0.2) is 46.2 Å². The second kappa shape index (κ2) is 4.90. The summed E-state index contributed by atoms with van der Waals surface area (Å²) in [5, 5.41) is 18.5. The highest BCUT2D eigenvalue weighted by atomic mass is 32.2. The molecule has 2 aromatic rings. The van der Waals surface area contributed by atoms with E-state index in [0.29, 0.717) is 21.8 Å². The van der Waals surface area contributed by atoms with Crippen molar-refractivity contribution in [3.63, 3.8) is 0 Å². The fourth-order valence-corrected chi connectivity index (χ4v) is 2.47. The van der Waals surface area contributed by atoms with E-state index in [4.69, 9.17) is 16.7 Å². The summed E-state index contributed by atoms with van der Waals surface area (Å²) >= 11 is 1.31. The van der Waals surface area contributed by atoms with Crippen molar-refractivity contribution in [2.24, 2.45) is 0 Å². The molecule has 0 radical (unpaired) electrons. The fourth-order valence-electron chi connectivity index (χ4n) is 1.45. The average molecular weight is 257 g/mol. The number of hydrogen-bond donors (Lipinski definition) is 3. The van der Waals surface area contributed by atoms with Gasteiger partial charge in [-0.05, 0) is 36.4 Å². The number of aromatic hydroxyl groups is 1. The van der Waals surface area contributed by atoms with Crippen LogP contribution in [0.1, 0.15) is 5.56 Å². The highest BCUT2D eigenvalue weighted by molar-refractivity contribution is 7.99. The van der Waals surface area contributed by atoms with Gasteiger partial charge < -0.3 is 16.6 Å². The molecule has 4 nitrogen and oxygen atoms in total. The predicted molar refractivity (Wildman–Crippen MR) is 72.2 cm³/mol. The van der Waals surface area contributed by atoms with Crippen LogP contribution in [0, 0.1) is 11.3 Å². The molecule has 5 N–H and O–H groups in total. The SMILES string of the molecule is N#Cc1ccc(O)cc1Sc1cc(N)ccc1N. The monoisotopic (exact) mass is 257 g/mol. The van der Waals surface area contributed by atoms with Crippen LogP contribution in [0.25, 0.3) is 0 Å². The maximum absolute atomic E-state index is 9.46. The molecule has 90 valence electrons. The predicted octanol–water partition coefficient (Wildman–Crippen LogP) is 2.58. The molecule has 0 aliphatic rings. The largest absolute Gasteiger partial charge is 0.508 e. The van der Waals surface area contributed by atoms with E-state index in [1.807, 2.05) is 0 Å². The standard InChI is InChI=1S/C13H11N3OS/c14-7-8-1-3-10(17)6-12(8)18-13-5-9(15)2-4-11(13)16/h1-6,17H,15-16H2. The molecule has 0 amide bonds. The number of phenolic OH excluding ortho intramolecular Hbond substituents is 1. The molecule has 0 fully saturated rings. The Labute approximate surface area is 109 Å². The first-order valence-electron chi connectivity index (χ1n) is 5.16. The Bertz CT molecular complexity index is 635. The van der Waals surface area contributed by atoms with Gasteiger partial charge in [-0.1, -0.05) is 11.8 Å². The normalized spacial score (nSPS) is 9.94. The first kappa shape index (κ1) is 12.1. The number of hydrogen-bond acceptors (Lipinski definition) is 5. The molecule has 0 aromatic heterocycles. The Morgan fingerprint density at radius 3 is 2.56 bits per heavy atom. The van der Waals surface area contributed by atoms with E-state index >= 15 is 0 Å². The zero-order valence-electron chi connectivity index (χ0n) is 9.42. The van der Waals surface area contributed by atoms with Crippen LogP contribution in [0.3, 0.4) is 0 Å². The molecular formula is C13H11N3OS. The van der Waals surface area contributed by atoms with Crippen molar-refractivity contribution < 1.29 is 5.11 Å². The highest BCUT2D eigenvalue weighted by Gasteiger charge is 2.08. The smallest absolute Gasteiger partial charge is 0.116 e. The summed E-state index contributed by atoms with van der Waals surface area (Å²) in [7, 11) is 0. The summed E-state index contributed by atoms with van der Waals surface area (Å²) in [6.45, 7) is 0. The molecule has 5 heteroatoms. The molecule has 0 saturated heterocycles. The van der Waals surface area contributed by atoms with Crippen LogP contribution in [0.4, 0.5) is 11.4 Å². The molecule has 18 heavy (non-hydrogen) atoms. The third kappa shape index (κ3) is 2.50. The molecule has 2 aromatic carbocycles. The fraction of sp³-hybridized carbons (Fsp3) is 0. The number of nitrogens with zero attached hydrogens (tertiary/aromatic N) is 1. The number of nitrogen functional groups attached to an aromatic ring is 2. The van der Waals surface area contributed by atoms with Gasteiger partial charge in [-0.3, -0.25) is 0 Å². The Hall–Kier alpha value is -2.32. The van der Waals surface area contributed by atoms with Crippen molar-refractivity contribution in [3.05, 3.63) is 42.0 Å². The lowest BCUT2D eigenvalue weighted by Crippen LogP contribution is -1.92. The topological polar surface area (TPSA) is 96.1 Å². The van der Waals surface area contributed by atoms with E-state index < -0.39 is 0 Å². The molecule has 0 spiro atoms. The molecule has 0 atom stereocenters. The highest BCUT2D eigenvalue weighted by Crippen LogP contribution is 2.36. The third-order valence-electron chi connectivity index (χ3n) is 2.34. The van der Waals surface area contributed by atoms with Crippen LogP contribution in [-0.2, 0) is 0 Å². The number of nitrogens with two attached hydrogens (primary N) is 2. The maximum atomic E-state index is 9.46. The lowest BCUT2D eigenvalue weighted by molar-refractivity contribution is 0.473. The van der Waals surface area contributed by atoms with Gasteiger partial charge >= 0.3 is 0 Å². The van der Waals surface area contributed by atoms with Gasteiger partial charge in [0.2, 0.25) is 0 Å². The molecular weight excluding hydrogens is 246 g/mol. The van der Waals surface area contributed by atoms with Gasteiger partial charge in [0, 0.05) is 21.2 Å². The number of benzene rings is 2. The van der Waals surface area contributed by atoms with E-state index in [-0.39, 0.29) is 5.75 Å². The van der Waals surface area contributed by atoms with Crippen LogP contribution in [-0.4, -0.2) is 5.11 Å². The van der Waals surface area contributed by atoms with E-state index in [1.165, 1.54) is 23.9 Å². The second-order valence-electron chi connectivity index (χ2n) is 3.69. The van der Waals surface area contributed by atoms with Crippen molar-refractivity contribution in [3.8, 4) is 11.8 Å². The number of anilines is 2. The quantitative estimate of drug-likeness (QED) is 0.718. The first-order valence-corrected chi connectivity index (χ1v) is 5.98. The van der Waals surface area contributed by atoms with Crippen molar-refractivity contribution in [1.29, 1.82) is 5.26 Å². The van der Waals surface area contributed by atoms with Gasteiger partial charge in [0.15, 0.2) is 0 Å². The number of nitriles is 1. The summed E-state index contributed by atoms with van der Waals surface area (Å²) < 4.78 is 0. The Balaban J connectivity index is 2.43. The minimum absolute atomic E-state index is 0.110. The van der Waals surface area contributed by atoms with E-state index in [1.54, 1.807) is 24.3 Å². The van der Waals surface area contributed by atoms with Gasteiger partial charge in [0.25, 0.3) is 0 Å². The minimum Gasteiger partial charge on any atom is -0.508 e. The van der Waals surface area contributed by atoms with Crippen LogP contribution in [0.5, 0.6) is 5.75 Å². The van der Waals surface area contributed by atoms with Crippen molar-refractivity contribution >= 4 is 23.1 Å². The molecule has 0 aliphatic carbocycles. The Morgan fingerprint density at radius 2 is 1.83 bits per heavy atom. The third-order valence-corrected chi connectivity index (χ3v) is 3.47. The molecule has 0 heterocycles. The zero-order valence-corrected chi connectivity index (χ0v) is 10.2. The summed E-state index contributed by atoms with van der Waals surface area (Å²) in [6.07, 6.45) is 0. The van der Waals surface area contributed by atoms with E-state index in [0.717, 1.165) is 4.90 Å². The second-order valence-corrected chi connectivity index (χ2v) is 4.78. The molecule has 2 rings (SSSR count). The number of rotatable bonds is 2. The summed E-state index contributed by atoms with van der Waals surface area (Å²) in [5.74, 6) is 0.110. The Morgan fingerprint density at radius 1 is 1.06 bits per heavy atom. The summed E-state index contributed by atoms with van der Waals surface area (Å²) in [4.78, 5) is 1.41. The molecule has 0 aliphatic heterocycles. The zero-order chi connectivity index (χ0) is 13.1. The van der Waals surface area contributed by atoms with E-state index in [2.05, 4.69) is 6.07 Å². The van der Waals surface area contributed by atoms with E-state index in [9.17, 15) is 5.11 Å².